The molecular formula is C16H17NO4. The molecule has 5 heteroatoms. The highest BCUT2D eigenvalue weighted by Gasteiger charge is 2.15. The molecule has 0 aliphatic carbocycles. The molecule has 1 N–H and O–H groups in total. The third-order valence-corrected chi connectivity index (χ3v) is 2.95. The summed E-state index contributed by atoms with van der Waals surface area (Å²) in [5.74, 6) is -0.297. The SMILES string of the molecule is Cc1ccc(C(=O)OCC(=O)N[C@@H](C)c2ccccc2)o1. The molecule has 1 aromatic carbocycles. The van der Waals surface area contributed by atoms with E-state index in [1.165, 1.54) is 6.07 Å². The van der Waals surface area contributed by atoms with Gasteiger partial charge in [-0.1, -0.05) is 30.3 Å². The Morgan fingerprint density at radius 3 is 2.52 bits per heavy atom. The van der Waals surface area contributed by atoms with Crippen molar-refractivity contribution in [3.8, 4) is 0 Å². The Balaban J connectivity index is 1.81. The first kappa shape index (κ1) is 14.8. The van der Waals surface area contributed by atoms with Crippen LogP contribution >= 0.6 is 0 Å². The van der Waals surface area contributed by atoms with Gasteiger partial charge < -0.3 is 14.5 Å². The van der Waals surface area contributed by atoms with E-state index in [0.29, 0.717) is 5.76 Å². The highest BCUT2D eigenvalue weighted by Crippen LogP contribution is 2.11. The molecule has 0 aliphatic rings. The highest BCUT2D eigenvalue weighted by molar-refractivity contribution is 5.88. The lowest BCUT2D eigenvalue weighted by molar-refractivity contribution is -0.124. The Kier molecular flexibility index (Phi) is 4.77. The lowest BCUT2D eigenvalue weighted by atomic mass is 10.1. The zero-order valence-corrected chi connectivity index (χ0v) is 12.0. The number of rotatable bonds is 5. The van der Waals surface area contributed by atoms with Crippen molar-refractivity contribution in [3.63, 3.8) is 0 Å². The van der Waals surface area contributed by atoms with Crippen LogP contribution in [0.15, 0.2) is 46.9 Å². The highest BCUT2D eigenvalue weighted by atomic mass is 16.5. The first-order valence-corrected chi connectivity index (χ1v) is 6.64. The summed E-state index contributed by atoms with van der Waals surface area (Å²) in [5, 5.41) is 2.76. The summed E-state index contributed by atoms with van der Waals surface area (Å²) in [7, 11) is 0. The van der Waals surface area contributed by atoms with Crippen LogP contribution in [0.1, 0.15) is 34.8 Å². The number of hydrogen-bond acceptors (Lipinski definition) is 4. The Morgan fingerprint density at radius 2 is 1.90 bits per heavy atom. The summed E-state index contributed by atoms with van der Waals surface area (Å²) >= 11 is 0. The molecular weight excluding hydrogens is 270 g/mol. The van der Waals surface area contributed by atoms with Crippen LogP contribution in [0.25, 0.3) is 0 Å². The Bertz CT molecular complexity index is 618. The summed E-state index contributed by atoms with van der Waals surface area (Å²) in [6.45, 7) is 3.26. The number of ether oxygens (including phenoxy) is 1. The van der Waals surface area contributed by atoms with Crippen LogP contribution in [0.5, 0.6) is 0 Å². The van der Waals surface area contributed by atoms with Gasteiger partial charge in [0.05, 0.1) is 6.04 Å². The first-order valence-electron chi connectivity index (χ1n) is 6.64. The molecule has 1 heterocycles. The van der Waals surface area contributed by atoms with Crippen LogP contribution < -0.4 is 5.32 Å². The van der Waals surface area contributed by atoms with E-state index in [4.69, 9.17) is 9.15 Å². The average molecular weight is 287 g/mol. The van der Waals surface area contributed by atoms with Gasteiger partial charge in [-0.15, -0.1) is 0 Å². The third-order valence-electron chi connectivity index (χ3n) is 2.95. The number of furan rings is 1. The van der Waals surface area contributed by atoms with Gasteiger partial charge in [-0.25, -0.2) is 4.79 Å². The van der Waals surface area contributed by atoms with Crippen molar-refractivity contribution in [1.82, 2.24) is 5.32 Å². The van der Waals surface area contributed by atoms with Crippen molar-refractivity contribution in [3.05, 3.63) is 59.5 Å². The summed E-state index contributed by atoms with van der Waals surface area (Å²) in [6.07, 6.45) is 0. The Morgan fingerprint density at radius 1 is 1.19 bits per heavy atom. The number of nitrogens with one attached hydrogen (secondary N) is 1. The van der Waals surface area contributed by atoms with Crippen molar-refractivity contribution in [2.24, 2.45) is 0 Å². The average Bonchev–Trinajstić information content (AvgIpc) is 2.92. The fourth-order valence-electron chi connectivity index (χ4n) is 1.85. The predicted octanol–water partition coefficient (Wildman–Crippen LogP) is 2.62. The van der Waals surface area contributed by atoms with E-state index in [2.05, 4.69) is 5.32 Å². The third kappa shape index (κ3) is 4.21. The van der Waals surface area contributed by atoms with Gasteiger partial charge in [-0.2, -0.15) is 0 Å². The number of esters is 1. The molecule has 1 atom stereocenters. The summed E-state index contributed by atoms with van der Waals surface area (Å²) in [6, 6.07) is 12.6. The summed E-state index contributed by atoms with van der Waals surface area (Å²) < 4.78 is 10.0. The second kappa shape index (κ2) is 6.74. The standard InChI is InChI=1S/C16H17NO4/c1-11-8-9-14(21-11)16(19)20-10-15(18)17-12(2)13-6-4-3-5-7-13/h3-9,12H,10H2,1-2H3,(H,17,18)/t12-/m0/s1. The zero-order chi connectivity index (χ0) is 15.2. The predicted molar refractivity (Wildman–Crippen MR) is 76.7 cm³/mol. The fraction of sp³-hybridized carbons (Fsp3) is 0.250. The molecule has 0 unspecified atom stereocenters. The fourth-order valence-corrected chi connectivity index (χ4v) is 1.85. The zero-order valence-electron chi connectivity index (χ0n) is 12.0. The van der Waals surface area contributed by atoms with Crippen LogP contribution in [-0.4, -0.2) is 18.5 Å². The van der Waals surface area contributed by atoms with Crippen LogP contribution in [0.3, 0.4) is 0 Å². The maximum Gasteiger partial charge on any atom is 0.374 e. The largest absolute Gasteiger partial charge is 0.454 e. The van der Waals surface area contributed by atoms with E-state index in [9.17, 15) is 9.59 Å². The number of amides is 1. The van der Waals surface area contributed by atoms with Gasteiger partial charge in [0.15, 0.2) is 6.61 Å². The normalized spacial score (nSPS) is 11.7. The van der Waals surface area contributed by atoms with Gasteiger partial charge in [0.2, 0.25) is 5.76 Å². The molecule has 5 nitrogen and oxygen atoms in total. The van der Waals surface area contributed by atoms with Gasteiger partial charge in [0.25, 0.3) is 5.91 Å². The van der Waals surface area contributed by atoms with Crippen LogP contribution in [-0.2, 0) is 9.53 Å². The molecule has 2 aromatic rings. The number of aryl methyl sites for hydroxylation is 1. The number of carbonyl (C=O) groups is 2. The minimum absolute atomic E-state index is 0.0939. The summed E-state index contributed by atoms with van der Waals surface area (Å²) in [4.78, 5) is 23.4. The lowest BCUT2D eigenvalue weighted by Crippen LogP contribution is -2.31. The molecule has 110 valence electrons. The van der Waals surface area contributed by atoms with Crippen LogP contribution in [0, 0.1) is 6.92 Å². The van der Waals surface area contributed by atoms with Gasteiger partial charge in [0.1, 0.15) is 5.76 Å². The molecule has 1 amide bonds. The molecule has 0 saturated heterocycles. The Hall–Kier alpha value is -2.56. The molecule has 0 bridgehead atoms. The van der Waals surface area contributed by atoms with Crippen molar-refractivity contribution in [2.45, 2.75) is 19.9 Å². The van der Waals surface area contributed by atoms with E-state index in [-0.39, 0.29) is 24.3 Å². The minimum Gasteiger partial charge on any atom is -0.454 e. The maximum atomic E-state index is 11.7. The van der Waals surface area contributed by atoms with E-state index in [1.54, 1.807) is 13.0 Å². The van der Waals surface area contributed by atoms with Crippen molar-refractivity contribution in [1.29, 1.82) is 0 Å². The Labute approximate surface area is 122 Å². The summed E-state index contributed by atoms with van der Waals surface area (Å²) in [5.41, 5.74) is 0.985. The molecule has 21 heavy (non-hydrogen) atoms. The van der Waals surface area contributed by atoms with Crippen molar-refractivity contribution >= 4 is 11.9 Å². The molecule has 2 rings (SSSR count). The molecule has 0 radical (unpaired) electrons. The number of carbonyl (C=O) groups excluding carboxylic acids is 2. The smallest absolute Gasteiger partial charge is 0.374 e. The van der Waals surface area contributed by atoms with Gasteiger partial charge in [-0.05, 0) is 31.5 Å². The number of hydrogen-bond donors (Lipinski definition) is 1. The van der Waals surface area contributed by atoms with Gasteiger partial charge >= 0.3 is 5.97 Å². The second-order valence-electron chi connectivity index (χ2n) is 4.69. The van der Waals surface area contributed by atoms with Crippen LogP contribution in [0.2, 0.25) is 0 Å². The van der Waals surface area contributed by atoms with E-state index in [0.717, 1.165) is 5.56 Å². The lowest BCUT2D eigenvalue weighted by Gasteiger charge is -2.14. The molecule has 1 aromatic heterocycles. The maximum absolute atomic E-state index is 11.7. The van der Waals surface area contributed by atoms with Crippen LogP contribution in [0.4, 0.5) is 0 Å². The van der Waals surface area contributed by atoms with E-state index in [1.807, 2.05) is 37.3 Å². The number of benzene rings is 1. The molecule has 0 aliphatic heterocycles. The van der Waals surface area contributed by atoms with E-state index >= 15 is 0 Å². The van der Waals surface area contributed by atoms with E-state index < -0.39 is 5.97 Å². The monoisotopic (exact) mass is 287 g/mol. The van der Waals surface area contributed by atoms with Crippen molar-refractivity contribution in [2.75, 3.05) is 6.61 Å². The first-order chi connectivity index (χ1) is 10.1. The minimum atomic E-state index is -0.648. The van der Waals surface area contributed by atoms with Gasteiger partial charge in [-0.3, -0.25) is 4.79 Å². The molecule has 0 fully saturated rings. The second-order valence-corrected chi connectivity index (χ2v) is 4.69. The topological polar surface area (TPSA) is 68.5 Å². The van der Waals surface area contributed by atoms with Crippen molar-refractivity contribution < 1.29 is 18.7 Å². The van der Waals surface area contributed by atoms with Gasteiger partial charge in [0, 0.05) is 0 Å². The molecule has 0 saturated carbocycles. The quantitative estimate of drug-likeness (QED) is 0.858. The molecule has 0 spiro atoms.